The van der Waals surface area contributed by atoms with Crippen molar-refractivity contribution in [3.05, 3.63) is 30.1 Å². The van der Waals surface area contributed by atoms with Crippen LogP contribution >= 0.6 is 0 Å². The third kappa shape index (κ3) is 4.20. The lowest BCUT2D eigenvalue weighted by Crippen LogP contribution is -2.45. The van der Waals surface area contributed by atoms with Crippen LogP contribution < -0.4 is 10.1 Å². The van der Waals surface area contributed by atoms with Gasteiger partial charge in [-0.2, -0.15) is 0 Å². The molecule has 2 rings (SSSR count). The van der Waals surface area contributed by atoms with Crippen LogP contribution in [-0.4, -0.2) is 29.8 Å². The minimum absolute atomic E-state index is 0.121. The Hall–Kier alpha value is -1.62. The highest BCUT2D eigenvalue weighted by atomic mass is 19.1. The summed E-state index contributed by atoms with van der Waals surface area (Å²) in [6.45, 7) is 0.121. The van der Waals surface area contributed by atoms with Gasteiger partial charge in [-0.1, -0.05) is 25.0 Å². The maximum absolute atomic E-state index is 13.3. The van der Waals surface area contributed by atoms with E-state index in [4.69, 9.17) is 4.74 Å². The quantitative estimate of drug-likeness (QED) is 0.868. The van der Waals surface area contributed by atoms with Gasteiger partial charge < -0.3 is 15.2 Å². The first-order valence-corrected chi connectivity index (χ1v) is 7.01. The summed E-state index contributed by atoms with van der Waals surface area (Å²) in [5.41, 5.74) is 0. The number of amides is 1. The molecule has 2 unspecified atom stereocenters. The lowest BCUT2D eigenvalue weighted by atomic mass is 9.92. The van der Waals surface area contributed by atoms with Crippen molar-refractivity contribution in [3.63, 3.8) is 0 Å². The van der Waals surface area contributed by atoms with Crippen LogP contribution in [0.1, 0.15) is 32.1 Å². The van der Waals surface area contributed by atoms with Crippen molar-refractivity contribution in [2.45, 2.75) is 44.2 Å². The van der Waals surface area contributed by atoms with E-state index in [1.54, 1.807) is 12.1 Å². The number of ether oxygens (including phenoxy) is 1. The van der Waals surface area contributed by atoms with Crippen LogP contribution in [0.4, 0.5) is 4.39 Å². The molecular weight excluding hydrogens is 261 g/mol. The summed E-state index contributed by atoms with van der Waals surface area (Å²) in [5.74, 6) is -0.457. The first-order chi connectivity index (χ1) is 9.66. The van der Waals surface area contributed by atoms with E-state index in [0.717, 1.165) is 25.7 Å². The van der Waals surface area contributed by atoms with Gasteiger partial charge in [0.25, 0.3) is 0 Å². The number of nitrogens with one attached hydrogen (secondary N) is 1. The average molecular weight is 281 g/mol. The van der Waals surface area contributed by atoms with Crippen LogP contribution in [0.25, 0.3) is 0 Å². The van der Waals surface area contributed by atoms with E-state index in [1.807, 2.05) is 0 Å². The van der Waals surface area contributed by atoms with Gasteiger partial charge in [0.2, 0.25) is 5.91 Å². The van der Waals surface area contributed by atoms with E-state index in [9.17, 15) is 14.3 Å². The summed E-state index contributed by atoms with van der Waals surface area (Å²) in [5, 5.41) is 12.6. The smallest absolute Gasteiger partial charge is 0.223 e. The van der Waals surface area contributed by atoms with Crippen molar-refractivity contribution in [2.75, 3.05) is 6.61 Å². The van der Waals surface area contributed by atoms with Crippen LogP contribution in [-0.2, 0) is 4.79 Å². The standard InChI is InChI=1S/C15H20FNO3/c16-11-5-1-4-8-14(11)20-10-9-15(19)17-12-6-2-3-7-13(12)18/h1,4-5,8,12-13,18H,2-3,6-7,9-10H2,(H,17,19). The van der Waals surface area contributed by atoms with Gasteiger partial charge in [-0.3, -0.25) is 4.79 Å². The second-order valence-corrected chi connectivity index (χ2v) is 5.05. The lowest BCUT2D eigenvalue weighted by Gasteiger charge is -2.28. The second kappa shape index (κ2) is 7.24. The molecule has 110 valence electrons. The van der Waals surface area contributed by atoms with Gasteiger partial charge in [-0.15, -0.1) is 0 Å². The van der Waals surface area contributed by atoms with E-state index in [1.165, 1.54) is 12.1 Å². The Labute approximate surface area is 117 Å². The summed E-state index contributed by atoms with van der Waals surface area (Å²) >= 11 is 0. The Morgan fingerprint density at radius 2 is 2.10 bits per heavy atom. The molecule has 0 heterocycles. The molecule has 1 aliphatic carbocycles. The molecule has 2 N–H and O–H groups in total. The summed E-state index contributed by atoms with van der Waals surface area (Å²) in [6, 6.07) is 5.94. The SMILES string of the molecule is O=C(CCOc1ccccc1F)NC1CCCCC1O. The fourth-order valence-corrected chi connectivity index (χ4v) is 2.37. The van der Waals surface area contributed by atoms with E-state index in [-0.39, 0.29) is 30.7 Å². The van der Waals surface area contributed by atoms with Crippen LogP contribution in [0.5, 0.6) is 5.75 Å². The Morgan fingerprint density at radius 1 is 1.35 bits per heavy atom. The number of carbonyl (C=O) groups excluding carboxylic acids is 1. The zero-order chi connectivity index (χ0) is 14.4. The van der Waals surface area contributed by atoms with Crippen molar-refractivity contribution in [3.8, 4) is 5.75 Å². The number of aliphatic hydroxyl groups excluding tert-OH is 1. The second-order valence-electron chi connectivity index (χ2n) is 5.05. The molecule has 1 aromatic carbocycles. The number of halogens is 1. The van der Waals surface area contributed by atoms with Gasteiger partial charge in [-0.25, -0.2) is 4.39 Å². The first-order valence-electron chi connectivity index (χ1n) is 7.01. The largest absolute Gasteiger partial charge is 0.490 e. The third-order valence-electron chi connectivity index (χ3n) is 3.50. The molecule has 20 heavy (non-hydrogen) atoms. The van der Waals surface area contributed by atoms with E-state index < -0.39 is 11.9 Å². The van der Waals surface area contributed by atoms with Crippen molar-refractivity contribution in [1.29, 1.82) is 0 Å². The normalized spacial score (nSPS) is 22.3. The summed E-state index contributed by atoms with van der Waals surface area (Å²) in [6.07, 6.45) is 3.26. The Kier molecular flexibility index (Phi) is 5.35. The van der Waals surface area contributed by atoms with E-state index in [0.29, 0.717) is 0 Å². The Morgan fingerprint density at radius 3 is 2.85 bits per heavy atom. The first kappa shape index (κ1) is 14.8. The predicted molar refractivity (Wildman–Crippen MR) is 72.9 cm³/mol. The van der Waals surface area contributed by atoms with Crippen LogP contribution in [0, 0.1) is 5.82 Å². The number of rotatable bonds is 5. The topological polar surface area (TPSA) is 58.6 Å². The molecule has 1 amide bonds. The van der Waals surface area contributed by atoms with Crippen LogP contribution in [0.3, 0.4) is 0 Å². The number of para-hydroxylation sites is 1. The highest BCUT2D eigenvalue weighted by Gasteiger charge is 2.24. The highest BCUT2D eigenvalue weighted by Crippen LogP contribution is 2.18. The van der Waals surface area contributed by atoms with Crippen molar-refractivity contribution in [2.24, 2.45) is 0 Å². The van der Waals surface area contributed by atoms with Crippen LogP contribution in [0.2, 0.25) is 0 Å². The van der Waals surface area contributed by atoms with Gasteiger partial charge in [0, 0.05) is 0 Å². The minimum Gasteiger partial charge on any atom is -0.490 e. The van der Waals surface area contributed by atoms with Gasteiger partial charge in [0.15, 0.2) is 11.6 Å². The predicted octanol–water partition coefficient (Wildman–Crippen LogP) is 2.01. The zero-order valence-electron chi connectivity index (χ0n) is 11.3. The van der Waals surface area contributed by atoms with Gasteiger partial charge in [0.05, 0.1) is 25.2 Å². The monoisotopic (exact) mass is 281 g/mol. The molecule has 1 fully saturated rings. The number of hydrogen-bond donors (Lipinski definition) is 2. The number of carbonyl (C=O) groups is 1. The molecule has 1 saturated carbocycles. The third-order valence-corrected chi connectivity index (χ3v) is 3.50. The van der Waals surface area contributed by atoms with Crippen molar-refractivity contribution >= 4 is 5.91 Å². The molecule has 0 radical (unpaired) electrons. The molecule has 0 spiro atoms. The van der Waals surface area contributed by atoms with Crippen molar-refractivity contribution in [1.82, 2.24) is 5.32 Å². The number of benzene rings is 1. The molecule has 4 nitrogen and oxygen atoms in total. The molecule has 1 aliphatic rings. The highest BCUT2D eigenvalue weighted by molar-refractivity contribution is 5.76. The lowest BCUT2D eigenvalue weighted by molar-refractivity contribution is -0.123. The number of aliphatic hydroxyl groups is 1. The maximum Gasteiger partial charge on any atom is 0.223 e. The fourth-order valence-electron chi connectivity index (χ4n) is 2.37. The van der Waals surface area contributed by atoms with Gasteiger partial charge >= 0.3 is 0 Å². The zero-order valence-corrected chi connectivity index (χ0v) is 11.3. The Balaban J connectivity index is 1.71. The molecule has 0 aliphatic heterocycles. The summed E-state index contributed by atoms with van der Waals surface area (Å²) in [4.78, 5) is 11.7. The molecule has 0 saturated heterocycles. The molecule has 2 atom stereocenters. The van der Waals surface area contributed by atoms with Crippen LogP contribution in [0.15, 0.2) is 24.3 Å². The average Bonchev–Trinajstić information content (AvgIpc) is 2.43. The maximum atomic E-state index is 13.3. The van der Waals surface area contributed by atoms with Gasteiger partial charge in [0.1, 0.15) is 0 Å². The van der Waals surface area contributed by atoms with E-state index in [2.05, 4.69) is 5.32 Å². The summed E-state index contributed by atoms with van der Waals surface area (Å²) < 4.78 is 18.5. The molecule has 0 bridgehead atoms. The summed E-state index contributed by atoms with van der Waals surface area (Å²) in [7, 11) is 0. The van der Waals surface area contributed by atoms with Crippen molar-refractivity contribution < 1.29 is 19.0 Å². The minimum atomic E-state index is -0.458. The molecular formula is C15H20FNO3. The molecule has 0 aromatic heterocycles. The number of hydrogen-bond acceptors (Lipinski definition) is 3. The van der Waals surface area contributed by atoms with Gasteiger partial charge in [-0.05, 0) is 25.0 Å². The molecule has 1 aromatic rings. The Bertz CT molecular complexity index is 452. The molecule has 5 heteroatoms. The fraction of sp³-hybridized carbons (Fsp3) is 0.533. The van der Waals surface area contributed by atoms with E-state index >= 15 is 0 Å².